The molecule has 0 radical (unpaired) electrons. The van der Waals surface area contributed by atoms with Crippen molar-refractivity contribution in [1.82, 2.24) is 5.43 Å². The Morgan fingerprint density at radius 2 is 1.64 bits per heavy atom. The summed E-state index contributed by atoms with van der Waals surface area (Å²) in [4.78, 5) is 12.2. The van der Waals surface area contributed by atoms with Crippen LogP contribution in [0.25, 0.3) is 0 Å². The molecule has 0 saturated carbocycles. The second kappa shape index (κ2) is 8.58. The standard InChI is InChI=1S/C18H20N2O5/c1-22-14-9-8-12(10-16(14)24-3)18(21)20-19-11-13-6-5-7-15(23-2)17(13)25-4/h5-11H,1-4H3,(H,20,21)/b19-11+. The number of hydrogen-bond donors (Lipinski definition) is 1. The van der Waals surface area contributed by atoms with E-state index in [1.807, 2.05) is 0 Å². The number of amides is 1. The fourth-order valence-electron chi connectivity index (χ4n) is 2.22. The Morgan fingerprint density at radius 3 is 2.28 bits per heavy atom. The van der Waals surface area contributed by atoms with E-state index in [-0.39, 0.29) is 5.91 Å². The number of carbonyl (C=O) groups excluding carboxylic acids is 1. The fourth-order valence-corrected chi connectivity index (χ4v) is 2.22. The zero-order valence-corrected chi connectivity index (χ0v) is 14.5. The van der Waals surface area contributed by atoms with E-state index in [0.29, 0.717) is 34.1 Å². The van der Waals surface area contributed by atoms with Gasteiger partial charge in [0.05, 0.1) is 34.7 Å². The molecular weight excluding hydrogens is 324 g/mol. The number of hydrogen-bond acceptors (Lipinski definition) is 6. The summed E-state index contributed by atoms with van der Waals surface area (Å²) >= 11 is 0. The molecule has 1 N–H and O–H groups in total. The number of nitrogens with one attached hydrogen (secondary N) is 1. The van der Waals surface area contributed by atoms with Crippen molar-refractivity contribution in [1.29, 1.82) is 0 Å². The van der Waals surface area contributed by atoms with Crippen LogP contribution in [0.1, 0.15) is 15.9 Å². The first-order valence-electron chi connectivity index (χ1n) is 7.41. The Bertz CT molecular complexity index is 774. The van der Waals surface area contributed by atoms with Gasteiger partial charge in [-0.1, -0.05) is 6.07 Å². The van der Waals surface area contributed by atoms with Crippen molar-refractivity contribution >= 4 is 12.1 Å². The van der Waals surface area contributed by atoms with Crippen LogP contribution in [-0.2, 0) is 0 Å². The average molecular weight is 344 g/mol. The Hall–Kier alpha value is -3.22. The molecule has 0 aliphatic carbocycles. The Kier molecular flexibility index (Phi) is 6.22. The van der Waals surface area contributed by atoms with Crippen molar-refractivity contribution in [2.24, 2.45) is 5.10 Å². The minimum atomic E-state index is -0.376. The van der Waals surface area contributed by atoms with Gasteiger partial charge in [0.1, 0.15) is 0 Å². The summed E-state index contributed by atoms with van der Waals surface area (Å²) in [5.74, 6) is 1.75. The SMILES string of the molecule is COc1ccc(C(=O)N/N=C/c2cccc(OC)c2OC)cc1OC. The number of benzene rings is 2. The summed E-state index contributed by atoms with van der Waals surface area (Å²) in [6.07, 6.45) is 1.49. The molecule has 2 aromatic carbocycles. The molecule has 132 valence electrons. The van der Waals surface area contributed by atoms with Crippen LogP contribution in [0.4, 0.5) is 0 Å². The maximum absolute atomic E-state index is 12.2. The van der Waals surface area contributed by atoms with Gasteiger partial charge in [0, 0.05) is 11.1 Å². The molecule has 2 aromatic rings. The second-order valence-corrected chi connectivity index (χ2v) is 4.85. The quantitative estimate of drug-likeness (QED) is 0.617. The molecule has 7 heteroatoms. The van der Waals surface area contributed by atoms with Gasteiger partial charge in [-0.05, 0) is 30.3 Å². The maximum Gasteiger partial charge on any atom is 0.271 e. The first kappa shape index (κ1) is 18.1. The lowest BCUT2D eigenvalue weighted by Gasteiger charge is -2.10. The predicted octanol–water partition coefficient (Wildman–Crippen LogP) is 2.48. The minimum Gasteiger partial charge on any atom is -0.493 e. The molecule has 0 spiro atoms. The van der Waals surface area contributed by atoms with E-state index in [1.165, 1.54) is 27.5 Å². The number of ether oxygens (including phenoxy) is 4. The molecule has 0 aliphatic heterocycles. The zero-order chi connectivity index (χ0) is 18.2. The Labute approximate surface area is 146 Å². The molecule has 2 rings (SSSR count). The Balaban J connectivity index is 2.13. The van der Waals surface area contributed by atoms with E-state index in [4.69, 9.17) is 18.9 Å². The predicted molar refractivity (Wildman–Crippen MR) is 94.2 cm³/mol. The lowest BCUT2D eigenvalue weighted by molar-refractivity contribution is 0.0954. The molecule has 0 aliphatic rings. The molecule has 0 atom stereocenters. The monoisotopic (exact) mass is 344 g/mol. The third kappa shape index (κ3) is 4.20. The first-order chi connectivity index (χ1) is 12.1. The van der Waals surface area contributed by atoms with Crippen LogP contribution in [0.2, 0.25) is 0 Å². The van der Waals surface area contributed by atoms with Gasteiger partial charge in [-0.15, -0.1) is 0 Å². The van der Waals surface area contributed by atoms with Crippen LogP contribution < -0.4 is 24.4 Å². The van der Waals surface area contributed by atoms with Crippen LogP contribution >= 0.6 is 0 Å². The van der Waals surface area contributed by atoms with Gasteiger partial charge in [0.15, 0.2) is 23.0 Å². The van der Waals surface area contributed by atoms with Gasteiger partial charge in [-0.2, -0.15) is 5.10 Å². The number of methoxy groups -OCH3 is 4. The van der Waals surface area contributed by atoms with Crippen LogP contribution in [-0.4, -0.2) is 40.6 Å². The number of nitrogens with zero attached hydrogens (tertiary/aromatic N) is 1. The highest BCUT2D eigenvalue weighted by Gasteiger charge is 2.11. The van der Waals surface area contributed by atoms with Gasteiger partial charge in [-0.3, -0.25) is 4.79 Å². The summed E-state index contributed by atoms with van der Waals surface area (Å²) in [5.41, 5.74) is 3.53. The van der Waals surface area contributed by atoms with E-state index in [1.54, 1.807) is 43.5 Å². The zero-order valence-electron chi connectivity index (χ0n) is 14.5. The van der Waals surface area contributed by atoms with Crippen molar-refractivity contribution in [2.75, 3.05) is 28.4 Å². The molecule has 0 bridgehead atoms. The molecule has 7 nitrogen and oxygen atoms in total. The highest BCUT2D eigenvalue weighted by molar-refractivity contribution is 5.95. The molecule has 0 heterocycles. The number of hydrazone groups is 1. The summed E-state index contributed by atoms with van der Waals surface area (Å²) in [6.45, 7) is 0. The van der Waals surface area contributed by atoms with Gasteiger partial charge in [0.2, 0.25) is 0 Å². The van der Waals surface area contributed by atoms with Crippen molar-refractivity contribution in [3.05, 3.63) is 47.5 Å². The van der Waals surface area contributed by atoms with Crippen LogP contribution in [0.3, 0.4) is 0 Å². The summed E-state index contributed by atoms with van der Waals surface area (Å²) in [6, 6.07) is 10.2. The third-order valence-electron chi connectivity index (χ3n) is 3.45. The van der Waals surface area contributed by atoms with E-state index >= 15 is 0 Å². The molecular formula is C18H20N2O5. The van der Waals surface area contributed by atoms with Crippen molar-refractivity contribution in [2.45, 2.75) is 0 Å². The van der Waals surface area contributed by atoms with Crippen molar-refractivity contribution in [3.8, 4) is 23.0 Å². The molecule has 0 aromatic heterocycles. The van der Waals surface area contributed by atoms with Gasteiger partial charge in [-0.25, -0.2) is 5.43 Å². The third-order valence-corrected chi connectivity index (χ3v) is 3.45. The fraction of sp³-hybridized carbons (Fsp3) is 0.222. The molecule has 1 amide bonds. The van der Waals surface area contributed by atoms with E-state index in [9.17, 15) is 4.79 Å². The first-order valence-corrected chi connectivity index (χ1v) is 7.41. The second-order valence-electron chi connectivity index (χ2n) is 4.85. The molecule has 0 saturated heterocycles. The maximum atomic E-state index is 12.2. The van der Waals surface area contributed by atoms with Crippen molar-refractivity contribution in [3.63, 3.8) is 0 Å². The number of carbonyl (C=O) groups is 1. The smallest absolute Gasteiger partial charge is 0.271 e. The number of rotatable bonds is 7. The highest BCUT2D eigenvalue weighted by atomic mass is 16.5. The highest BCUT2D eigenvalue weighted by Crippen LogP contribution is 2.29. The number of para-hydroxylation sites is 1. The topological polar surface area (TPSA) is 78.4 Å². The van der Waals surface area contributed by atoms with E-state index in [2.05, 4.69) is 10.5 Å². The van der Waals surface area contributed by atoms with Crippen LogP contribution in [0.5, 0.6) is 23.0 Å². The molecule has 25 heavy (non-hydrogen) atoms. The van der Waals surface area contributed by atoms with Gasteiger partial charge >= 0.3 is 0 Å². The van der Waals surface area contributed by atoms with Crippen molar-refractivity contribution < 1.29 is 23.7 Å². The average Bonchev–Trinajstić information content (AvgIpc) is 2.66. The summed E-state index contributed by atoms with van der Waals surface area (Å²) in [5, 5.41) is 3.97. The lowest BCUT2D eigenvalue weighted by Crippen LogP contribution is -2.17. The van der Waals surface area contributed by atoms with Gasteiger partial charge < -0.3 is 18.9 Å². The largest absolute Gasteiger partial charge is 0.493 e. The molecule has 0 fully saturated rings. The van der Waals surface area contributed by atoms with Gasteiger partial charge in [0.25, 0.3) is 5.91 Å². The summed E-state index contributed by atoms with van der Waals surface area (Å²) in [7, 11) is 6.13. The van der Waals surface area contributed by atoms with Crippen LogP contribution in [0, 0.1) is 0 Å². The van der Waals surface area contributed by atoms with Crippen LogP contribution in [0.15, 0.2) is 41.5 Å². The normalized spacial score (nSPS) is 10.4. The van der Waals surface area contributed by atoms with E-state index in [0.717, 1.165) is 0 Å². The summed E-state index contributed by atoms with van der Waals surface area (Å²) < 4.78 is 20.9. The van der Waals surface area contributed by atoms with E-state index < -0.39 is 0 Å². The molecule has 0 unspecified atom stereocenters. The Morgan fingerprint density at radius 1 is 0.920 bits per heavy atom. The lowest BCUT2D eigenvalue weighted by atomic mass is 10.2. The minimum absolute atomic E-state index is 0.376.